The van der Waals surface area contributed by atoms with Crippen molar-refractivity contribution in [3.63, 3.8) is 0 Å². The van der Waals surface area contributed by atoms with Gasteiger partial charge in [0.05, 0.1) is 36.8 Å². The normalized spacial score (nSPS) is 13.8. The molecule has 1 aliphatic heterocycles. The van der Waals surface area contributed by atoms with Gasteiger partial charge < -0.3 is 29.3 Å². The van der Waals surface area contributed by atoms with Crippen LogP contribution in [0, 0.1) is 0 Å². The summed E-state index contributed by atoms with van der Waals surface area (Å²) in [6.45, 7) is 8.45. The highest BCUT2D eigenvalue weighted by Crippen LogP contribution is 2.35. The van der Waals surface area contributed by atoms with E-state index in [4.69, 9.17) is 14.2 Å². The van der Waals surface area contributed by atoms with Crippen molar-refractivity contribution in [2.45, 2.75) is 46.1 Å². The summed E-state index contributed by atoms with van der Waals surface area (Å²) in [6, 6.07) is 10.9. The van der Waals surface area contributed by atoms with Crippen molar-refractivity contribution >= 4 is 38.3 Å². The Morgan fingerprint density at radius 1 is 1.00 bits per heavy atom. The summed E-state index contributed by atoms with van der Waals surface area (Å²) in [5.41, 5.74) is 1.40. The molecule has 1 saturated heterocycles. The lowest BCUT2D eigenvalue weighted by atomic mass is 10.2. The van der Waals surface area contributed by atoms with Crippen molar-refractivity contribution in [1.29, 1.82) is 0 Å². The third-order valence-electron chi connectivity index (χ3n) is 6.91. The number of sulfone groups is 1. The second-order valence-electron chi connectivity index (χ2n) is 10.5. The first kappa shape index (κ1) is 31.1. The van der Waals surface area contributed by atoms with Crippen LogP contribution in [-0.2, 0) is 9.84 Å². The van der Waals surface area contributed by atoms with Gasteiger partial charge in [0.25, 0.3) is 0 Å². The maximum absolute atomic E-state index is 12.9. The van der Waals surface area contributed by atoms with Gasteiger partial charge in [0.1, 0.15) is 27.7 Å². The van der Waals surface area contributed by atoms with Crippen molar-refractivity contribution in [1.82, 2.24) is 14.9 Å². The van der Waals surface area contributed by atoms with E-state index in [0.717, 1.165) is 23.4 Å². The Bertz CT molecular complexity index is 1440. The number of hydrogen-bond acceptors (Lipinski definition) is 9. The van der Waals surface area contributed by atoms with E-state index in [0.29, 0.717) is 61.7 Å². The Labute approximate surface area is 248 Å². The number of unbranched alkanes of at least 4 members (excludes halogenated alkanes) is 1. The number of hydrogen-bond donors (Lipinski definition) is 1. The number of nitrogens with one attached hydrogen (secondary N) is 1. The quantitative estimate of drug-likeness (QED) is 0.277. The van der Waals surface area contributed by atoms with Gasteiger partial charge in [-0.3, -0.25) is 0 Å². The number of fused-ring (bicyclic) bond motifs is 1. The fourth-order valence-corrected chi connectivity index (χ4v) is 6.21. The maximum atomic E-state index is 12.9. The fourth-order valence-electron chi connectivity index (χ4n) is 4.71. The molecule has 0 radical (unpaired) electrons. The minimum absolute atomic E-state index is 0.0864. The number of piperazine rings is 1. The van der Waals surface area contributed by atoms with Gasteiger partial charge in [-0.25, -0.2) is 23.2 Å². The number of nitrogens with zero attached hydrogens (tertiary/aromatic N) is 4. The molecule has 1 aliphatic rings. The first-order valence-corrected chi connectivity index (χ1v) is 16.2. The number of carbonyl (C=O) groups is 1. The molecule has 3 aromatic rings. The Kier molecular flexibility index (Phi) is 10.7. The zero-order chi connectivity index (χ0) is 30.1. The Morgan fingerprint density at radius 2 is 1.71 bits per heavy atom. The summed E-state index contributed by atoms with van der Waals surface area (Å²) in [5.74, 6) is 2.86. The van der Waals surface area contributed by atoms with E-state index in [-0.39, 0.29) is 30.2 Å². The van der Waals surface area contributed by atoms with E-state index in [1.807, 2.05) is 51.1 Å². The Morgan fingerprint density at radius 3 is 2.38 bits per heavy atom. The highest BCUT2D eigenvalue weighted by Gasteiger charge is 2.24. The van der Waals surface area contributed by atoms with Crippen molar-refractivity contribution in [3.05, 3.63) is 42.7 Å². The lowest BCUT2D eigenvalue weighted by Gasteiger charge is -2.35. The second kappa shape index (κ2) is 14.4. The SMILES string of the molecule is CCCCS(=O)(=O)CCCOc1cc2ncnc(N3CCN(C(=O)Nc4ccc(OC(C)C)cc4)CC3)c2cc1OC. The van der Waals surface area contributed by atoms with E-state index in [9.17, 15) is 13.2 Å². The molecule has 11 nitrogen and oxygen atoms in total. The molecule has 0 saturated carbocycles. The predicted octanol–water partition coefficient (Wildman–Crippen LogP) is 4.76. The second-order valence-corrected chi connectivity index (χ2v) is 12.8. The van der Waals surface area contributed by atoms with Crippen LogP contribution in [-0.4, -0.2) is 86.8 Å². The van der Waals surface area contributed by atoms with Crippen molar-refractivity contribution < 1.29 is 27.4 Å². The van der Waals surface area contributed by atoms with E-state index in [1.165, 1.54) is 6.33 Å². The average Bonchev–Trinajstić information content (AvgIpc) is 2.98. The smallest absolute Gasteiger partial charge is 0.321 e. The van der Waals surface area contributed by atoms with Crippen LogP contribution in [0.2, 0.25) is 0 Å². The van der Waals surface area contributed by atoms with Gasteiger partial charge in [-0.2, -0.15) is 0 Å². The Balaban J connectivity index is 1.36. The molecule has 2 amide bonds. The molecule has 0 unspecified atom stereocenters. The highest BCUT2D eigenvalue weighted by atomic mass is 32.2. The Hall–Kier alpha value is -3.80. The highest BCUT2D eigenvalue weighted by molar-refractivity contribution is 7.91. The fraction of sp³-hybridized carbons (Fsp3) is 0.500. The maximum Gasteiger partial charge on any atom is 0.321 e. The zero-order valence-corrected chi connectivity index (χ0v) is 25.7. The largest absolute Gasteiger partial charge is 0.493 e. The van der Waals surface area contributed by atoms with E-state index >= 15 is 0 Å². The summed E-state index contributed by atoms with van der Waals surface area (Å²) in [6.07, 6.45) is 3.53. The number of amides is 2. The van der Waals surface area contributed by atoms with Crippen molar-refractivity contribution in [2.24, 2.45) is 0 Å². The predicted molar refractivity (Wildman–Crippen MR) is 165 cm³/mol. The molecule has 1 fully saturated rings. The number of benzene rings is 2. The molecule has 2 aromatic carbocycles. The number of methoxy groups -OCH3 is 1. The molecular weight excluding hydrogens is 558 g/mol. The van der Waals surface area contributed by atoms with Crippen molar-refractivity contribution in [3.8, 4) is 17.2 Å². The van der Waals surface area contributed by atoms with Crippen LogP contribution in [0.15, 0.2) is 42.7 Å². The van der Waals surface area contributed by atoms with Crippen LogP contribution >= 0.6 is 0 Å². The third kappa shape index (κ3) is 8.37. The summed E-state index contributed by atoms with van der Waals surface area (Å²) in [5, 5.41) is 3.77. The van der Waals surface area contributed by atoms with Crippen molar-refractivity contribution in [2.75, 3.05) is 61.6 Å². The van der Waals surface area contributed by atoms with Gasteiger partial charge in [-0.1, -0.05) is 13.3 Å². The molecule has 228 valence electrons. The van der Waals surface area contributed by atoms with Gasteiger partial charge in [-0.05, 0) is 57.0 Å². The summed E-state index contributed by atoms with van der Waals surface area (Å²) < 4.78 is 41.4. The molecular formula is C30H41N5O6S. The van der Waals surface area contributed by atoms with E-state index in [1.54, 1.807) is 18.1 Å². The standard InChI is InChI=1S/C30H41N5O6S/c1-5-6-17-42(37,38)18-7-16-40-28-20-26-25(19-27(28)39-4)29(32-21-31-26)34-12-14-35(15-13-34)30(36)33-23-8-10-24(11-9-23)41-22(2)3/h8-11,19-22H,5-7,12-18H2,1-4H3,(H,33,36). The molecule has 0 spiro atoms. The summed E-state index contributed by atoms with van der Waals surface area (Å²) in [7, 11) is -1.50. The molecule has 1 N–H and O–H groups in total. The number of ether oxygens (including phenoxy) is 3. The average molecular weight is 600 g/mol. The molecule has 1 aromatic heterocycles. The third-order valence-corrected chi connectivity index (χ3v) is 8.73. The molecule has 0 bridgehead atoms. The van der Waals surface area contributed by atoms with Gasteiger partial charge in [0.15, 0.2) is 11.5 Å². The van der Waals surface area contributed by atoms with Crippen LogP contribution in [0.5, 0.6) is 17.2 Å². The molecule has 42 heavy (non-hydrogen) atoms. The first-order chi connectivity index (χ1) is 20.2. The van der Waals surface area contributed by atoms with E-state index in [2.05, 4.69) is 20.2 Å². The molecule has 4 rings (SSSR count). The minimum Gasteiger partial charge on any atom is -0.493 e. The first-order valence-electron chi connectivity index (χ1n) is 14.4. The van der Waals surface area contributed by atoms with Crippen LogP contribution in [0.25, 0.3) is 10.9 Å². The topological polar surface area (TPSA) is 123 Å². The number of rotatable bonds is 13. The molecule has 12 heteroatoms. The zero-order valence-electron chi connectivity index (χ0n) is 24.8. The monoisotopic (exact) mass is 599 g/mol. The van der Waals surface area contributed by atoms with Gasteiger partial charge in [0.2, 0.25) is 0 Å². The van der Waals surface area contributed by atoms with Crippen LogP contribution in [0.4, 0.5) is 16.3 Å². The number of anilines is 2. The lowest BCUT2D eigenvalue weighted by molar-refractivity contribution is 0.208. The molecule has 0 atom stereocenters. The molecule has 2 heterocycles. The lowest BCUT2D eigenvalue weighted by Crippen LogP contribution is -2.50. The van der Waals surface area contributed by atoms with Crippen LogP contribution in [0.1, 0.15) is 40.0 Å². The van der Waals surface area contributed by atoms with Gasteiger partial charge in [0, 0.05) is 43.3 Å². The number of urea groups is 1. The van der Waals surface area contributed by atoms with Crippen LogP contribution in [0.3, 0.4) is 0 Å². The van der Waals surface area contributed by atoms with Gasteiger partial charge in [-0.15, -0.1) is 0 Å². The van der Waals surface area contributed by atoms with E-state index < -0.39 is 9.84 Å². The molecule has 0 aliphatic carbocycles. The number of aromatic nitrogens is 2. The van der Waals surface area contributed by atoms with Crippen LogP contribution < -0.4 is 24.4 Å². The van der Waals surface area contributed by atoms with Gasteiger partial charge >= 0.3 is 6.03 Å². The minimum atomic E-state index is -3.07. The number of carbonyl (C=O) groups excluding carboxylic acids is 1. The summed E-state index contributed by atoms with van der Waals surface area (Å²) >= 11 is 0. The summed E-state index contributed by atoms with van der Waals surface area (Å²) in [4.78, 5) is 25.8.